The fraction of sp³-hybridized carbons (Fsp3) is 1.00. The normalized spacial score (nSPS) is 42.9. The summed E-state index contributed by atoms with van der Waals surface area (Å²) in [4.78, 5) is 0. The number of ether oxygens (including phenoxy) is 1. The SMILES string of the molecule is CCC1OCCC1CNC1CC(C)CCC1C. The molecule has 1 aliphatic carbocycles. The molecule has 0 aromatic rings. The van der Waals surface area contributed by atoms with Gasteiger partial charge in [-0.05, 0) is 43.4 Å². The van der Waals surface area contributed by atoms with Crippen LogP contribution >= 0.6 is 0 Å². The molecule has 1 N–H and O–H groups in total. The Bertz CT molecular complexity index is 231. The number of nitrogens with one attached hydrogen (secondary N) is 1. The minimum atomic E-state index is 0.513. The summed E-state index contributed by atoms with van der Waals surface area (Å²) in [7, 11) is 0. The maximum absolute atomic E-state index is 5.76. The summed E-state index contributed by atoms with van der Waals surface area (Å²) in [6, 6.07) is 0.747. The maximum atomic E-state index is 5.76. The molecule has 1 aliphatic heterocycles. The average Bonchev–Trinajstić information content (AvgIpc) is 2.77. The Morgan fingerprint density at radius 3 is 2.76 bits per heavy atom. The summed E-state index contributed by atoms with van der Waals surface area (Å²) in [5.74, 6) is 2.52. The first-order valence-electron chi connectivity index (χ1n) is 7.55. The summed E-state index contributed by atoms with van der Waals surface area (Å²) in [5, 5.41) is 3.83. The largest absolute Gasteiger partial charge is 0.378 e. The van der Waals surface area contributed by atoms with Gasteiger partial charge in [0.25, 0.3) is 0 Å². The zero-order valence-electron chi connectivity index (χ0n) is 11.7. The van der Waals surface area contributed by atoms with E-state index in [1.807, 2.05) is 0 Å². The summed E-state index contributed by atoms with van der Waals surface area (Å²) >= 11 is 0. The highest BCUT2D eigenvalue weighted by Crippen LogP contribution is 2.29. The quantitative estimate of drug-likeness (QED) is 0.813. The summed E-state index contributed by atoms with van der Waals surface area (Å²) < 4.78 is 5.76. The van der Waals surface area contributed by atoms with Crippen molar-refractivity contribution in [3.05, 3.63) is 0 Å². The zero-order valence-corrected chi connectivity index (χ0v) is 11.7. The summed E-state index contributed by atoms with van der Waals surface area (Å²) in [6.45, 7) is 9.19. The van der Waals surface area contributed by atoms with E-state index in [0.29, 0.717) is 6.10 Å². The minimum Gasteiger partial charge on any atom is -0.378 e. The van der Waals surface area contributed by atoms with Gasteiger partial charge in [0.1, 0.15) is 0 Å². The first-order valence-corrected chi connectivity index (χ1v) is 7.55. The highest BCUT2D eigenvalue weighted by molar-refractivity contribution is 4.84. The zero-order chi connectivity index (χ0) is 12.3. The third kappa shape index (κ3) is 3.45. The van der Waals surface area contributed by atoms with E-state index >= 15 is 0 Å². The third-order valence-corrected chi connectivity index (χ3v) is 4.85. The molecule has 5 atom stereocenters. The van der Waals surface area contributed by atoms with Crippen LogP contribution in [0.25, 0.3) is 0 Å². The molecule has 5 unspecified atom stereocenters. The molecule has 100 valence electrons. The van der Waals surface area contributed by atoms with Crippen molar-refractivity contribution < 1.29 is 4.74 Å². The predicted molar refractivity (Wildman–Crippen MR) is 72.1 cm³/mol. The Labute approximate surface area is 107 Å². The van der Waals surface area contributed by atoms with Crippen molar-refractivity contribution >= 4 is 0 Å². The lowest BCUT2D eigenvalue weighted by Gasteiger charge is -2.34. The monoisotopic (exact) mass is 239 g/mol. The Morgan fingerprint density at radius 2 is 2.00 bits per heavy atom. The lowest BCUT2D eigenvalue weighted by atomic mass is 9.80. The molecule has 0 bridgehead atoms. The van der Waals surface area contributed by atoms with Crippen LogP contribution in [-0.4, -0.2) is 25.3 Å². The minimum absolute atomic E-state index is 0.513. The fourth-order valence-corrected chi connectivity index (χ4v) is 3.50. The van der Waals surface area contributed by atoms with Gasteiger partial charge in [-0.25, -0.2) is 0 Å². The molecule has 17 heavy (non-hydrogen) atoms. The Morgan fingerprint density at radius 1 is 1.18 bits per heavy atom. The molecule has 1 saturated carbocycles. The molecule has 2 aliphatic rings. The van der Waals surface area contributed by atoms with Gasteiger partial charge in [0.15, 0.2) is 0 Å². The van der Waals surface area contributed by atoms with Crippen LogP contribution in [0.2, 0.25) is 0 Å². The Balaban J connectivity index is 1.76. The van der Waals surface area contributed by atoms with Gasteiger partial charge >= 0.3 is 0 Å². The molecular weight excluding hydrogens is 210 g/mol. The van der Waals surface area contributed by atoms with Crippen molar-refractivity contribution in [1.82, 2.24) is 5.32 Å². The van der Waals surface area contributed by atoms with E-state index in [9.17, 15) is 0 Å². The molecule has 2 fully saturated rings. The van der Waals surface area contributed by atoms with E-state index in [1.54, 1.807) is 0 Å². The average molecular weight is 239 g/mol. The van der Waals surface area contributed by atoms with Gasteiger partial charge in [0.2, 0.25) is 0 Å². The Kier molecular flexibility index (Phi) is 4.87. The van der Waals surface area contributed by atoms with Crippen LogP contribution < -0.4 is 5.32 Å². The summed E-state index contributed by atoms with van der Waals surface area (Å²) in [6.07, 6.45) is 7.12. The van der Waals surface area contributed by atoms with E-state index in [1.165, 1.54) is 38.6 Å². The van der Waals surface area contributed by atoms with Gasteiger partial charge in [-0.1, -0.05) is 27.2 Å². The highest BCUT2D eigenvalue weighted by atomic mass is 16.5. The number of rotatable bonds is 4. The first-order chi connectivity index (χ1) is 8.20. The van der Waals surface area contributed by atoms with E-state index in [2.05, 4.69) is 26.1 Å². The summed E-state index contributed by atoms with van der Waals surface area (Å²) in [5.41, 5.74) is 0. The standard InChI is InChI=1S/C15H29NO/c1-4-15-13(7-8-17-15)10-16-14-9-11(2)5-6-12(14)3/h11-16H,4-10H2,1-3H3. The predicted octanol–water partition coefficient (Wildman–Crippen LogP) is 3.22. The van der Waals surface area contributed by atoms with Crippen LogP contribution in [0, 0.1) is 17.8 Å². The van der Waals surface area contributed by atoms with Crippen LogP contribution in [0.15, 0.2) is 0 Å². The van der Waals surface area contributed by atoms with Gasteiger partial charge in [-0.15, -0.1) is 0 Å². The van der Waals surface area contributed by atoms with E-state index < -0.39 is 0 Å². The van der Waals surface area contributed by atoms with Crippen molar-refractivity contribution in [3.63, 3.8) is 0 Å². The van der Waals surface area contributed by atoms with Gasteiger partial charge in [0, 0.05) is 19.2 Å². The van der Waals surface area contributed by atoms with Crippen LogP contribution in [0.4, 0.5) is 0 Å². The smallest absolute Gasteiger partial charge is 0.0613 e. The topological polar surface area (TPSA) is 21.3 Å². The number of hydrogen-bond donors (Lipinski definition) is 1. The molecule has 0 aromatic heterocycles. The second-order valence-corrected chi connectivity index (χ2v) is 6.28. The van der Waals surface area contributed by atoms with Gasteiger partial charge < -0.3 is 10.1 Å². The fourth-order valence-electron chi connectivity index (χ4n) is 3.50. The van der Waals surface area contributed by atoms with Crippen LogP contribution in [0.5, 0.6) is 0 Å². The van der Waals surface area contributed by atoms with Gasteiger partial charge in [-0.3, -0.25) is 0 Å². The van der Waals surface area contributed by atoms with Crippen molar-refractivity contribution in [3.8, 4) is 0 Å². The van der Waals surface area contributed by atoms with E-state index in [-0.39, 0.29) is 0 Å². The Hall–Kier alpha value is -0.0800. The maximum Gasteiger partial charge on any atom is 0.0613 e. The van der Waals surface area contributed by atoms with Crippen LogP contribution in [-0.2, 0) is 4.74 Å². The lowest BCUT2D eigenvalue weighted by Crippen LogP contribution is -2.42. The molecule has 2 nitrogen and oxygen atoms in total. The highest BCUT2D eigenvalue weighted by Gasteiger charge is 2.29. The van der Waals surface area contributed by atoms with Gasteiger partial charge in [0.05, 0.1) is 6.10 Å². The second-order valence-electron chi connectivity index (χ2n) is 6.28. The van der Waals surface area contributed by atoms with Gasteiger partial charge in [-0.2, -0.15) is 0 Å². The van der Waals surface area contributed by atoms with Crippen molar-refractivity contribution in [2.75, 3.05) is 13.2 Å². The molecular formula is C15H29NO. The van der Waals surface area contributed by atoms with Crippen LogP contribution in [0.1, 0.15) is 52.9 Å². The van der Waals surface area contributed by atoms with Crippen molar-refractivity contribution in [1.29, 1.82) is 0 Å². The molecule has 1 saturated heterocycles. The van der Waals surface area contributed by atoms with E-state index in [0.717, 1.165) is 30.4 Å². The first kappa shape index (κ1) is 13.4. The number of hydrogen-bond acceptors (Lipinski definition) is 2. The van der Waals surface area contributed by atoms with Crippen molar-refractivity contribution in [2.24, 2.45) is 17.8 Å². The molecule has 0 radical (unpaired) electrons. The molecule has 2 heteroatoms. The van der Waals surface area contributed by atoms with Crippen LogP contribution in [0.3, 0.4) is 0 Å². The molecule has 1 heterocycles. The molecule has 0 amide bonds. The molecule has 2 rings (SSSR count). The second kappa shape index (κ2) is 6.19. The molecule has 0 spiro atoms. The third-order valence-electron chi connectivity index (χ3n) is 4.85. The van der Waals surface area contributed by atoms with Crippen molar-refractivity contribution in [2.45, 2.75) is 65.0 Å². The molecule has 0 aromatic carbocycles. The lowest BCUT2D eigenvalue weighted by molar-refractivity contribution is 0.0848. The van der Waals surface area contributed by atoms with E-state index in [4.69, 9.17) is 4.74 Å².